The summed E-state index contributed by atoms with van der Waals surface area (Å²) in [5.41, 5.74) is 4.54. The van der Waals surface area contributed by atoms with Gasteiger partial charge in [-0.05, 0) is 27.9 Å². The molecule has 0 amide bonds. The van der Waals surface area contributed by atoms with Crippen LogP contribution in [0.4, 0.5) is 0 Å². The van der Waals surface area contributed by atoms with Crippen molar-refractivity contribution >= 4 is 20.7 Å². The Morgan fingerprint density at radius 3 is 2.88 bits per heavy atom. The molecule has 4 nitrogen and oxygen atoms in total. The maximum Gasteiger partial charge on any atom is 0.182 e. The fourth-order valence-electron chi connectivity index (χ4n) is 2.55. The number of aliphatic imine (C=N–C) groups is 1. The van der Waals surface area contributed by atoms with Crippen LogP contribution in [0.3, 0.4) is 0 Å². The van der Waals surface area contributed by atoms with Crippen molar-refractivity contribution in [1.82, 2.24) is 10.4 Å². The lowest BCUT2D eigenvalue weighted by molar-refractivity contribution is 0.0676. The average Bonchev–Trinajstić information content (AvgIpc) is 2.87. The summed E-state index contributed by atoms with van der Waals surface area (Å²) in [6.07, 6.45) is 1.17. The zero-order valence-corrected chi connectivity index (χ0v) is 11.1. The molecule has 3 rings (SSSR count). The highest BCUT2D eigenvalue weighted by atomic mass is 79.9. The molecule has 2 heterocycles. The molecule has 3 unspecified atom stereocenters. The Bertz CT molecular complexity index is 437. The fourth-order valence-corrected chi connectivity index (χ4v) is 2.96. The molecule has 2 aliphatic heterocycles. The minimum Gasteiger partial charge on any atom is -0.378 e. The number of nitrogens with zero attached hydrogens (tertiary/aromatic N) is 2. The normalized spacial score (nSPS) is 32.1. The third kappa shape index (κ3) is 1.88. The molecular formula is C12H14BrN3O. The molecule has 5 heteroatoms. The van der Waals surface area contributed by atoms with Crippen molar-refractivity contribution in [2.45, 2.75) is 24.7 Å². The van der Waals surface area contributed by atoms with Crippen molar-refractivity contribution < 1.29 is 4.74 Å². The highest BCUT2D eigenvalue weighted by Gasteiger charge is 2.45. The molecule has 17 heavy (non-hydrogen) atoms. The summed E-state index contributed by atoms with van der Waals surface area (Å²) in [5.74, 6) is 0. The number of halogens is 1. The predicted octanol–water partition coefficient (Wildman–Crippen LogP) is 2.04. The van der Waals surface area contributed by atoms with E-state index >= 15 is 0 Å². The summed E-state index contributed by atoms with van der Waals surface area (Å²) in [7, 11) is 1.75. The summed E-state index contributed by atoms with van der Waals surface area (Å²) >= 11 is 3.39. The molecule has 3 atom stereocenters. The van der Waals surface area contributed by atoms with Crippen LogP contribution < -0.4 is 5.43 Å². The van der Waals surface area contributed by atoms with Gasteiger partial charge in [-0.25, -0.2) is 4.99 Å². The predicted molar refractivity (Wildman–Crippen MR) is 69.7 cm³/mol. The quantitative estimate of drug-likeness (QED) is 0.849. The highest BCUT2D eigenvalue weighted by molar-refractivity contribution is 9.18. The summed E-state index contributed by atoms with van der Waals surface area (Å²) in [5, 5.41) is 2.16. The van der Waals surface area contributed by atoms with E-state index < -0.39 is 0 Å². The monoisotopic (exact) mass is 295 g/mol. The van der Waals surface area contributed by atoms with Crippen LogP contribution in [-0.2, 0) is 4.74 Å². The Labute approximate surface area is 109 Å². The summed E-state index contributed by atoms with van der Waals surface area (Å²) in [6, 6.07) is 10.8. The van der Waals surface area contributed by atoms with E-state index in [-0.39, 0.29) is 12.3 Å². The number of benzene rings is 1. The van der Waals surface area contributed by atoms with Crippen molar-refractivity contribution in [2.24, 2.45) is 4.99 Å². The minimum absolute atomic E-state index is 0.0691. The molecule has 0 aliphatic carbocycles. The minimum atomic E-state index is 0.0691. The molecular weight excluding hydrogens is 282 g/mol. The maximum atomic E-state index is 5.52. The topological polar surface area (TPSA) is 36.9 Å². The fraction of sp³-hybridized carbons (Fsp3) is 0.417. The van der Waals surface area contributed by atoms with Gasteiger partial charge in [-0.1, -0.05) is 30.3 Å². The van der Waals surface area contributed by atoms with Gasteiger partial charge in [-0.3, -0.25) is 5.43 Å². The molecule has 0 aromatic heterocycles. The standard InChI is InChI=1S/C12H14BrN3O/c1-17-10-7-9(8-5-3-2-4-6-8)16-11(10)14-12(13)15-16/h2-6,9-11H,7H2,1H3,(H,14,15). The number of methoxy groups -OCH3 is 1. The van der Waals surface area contributed by atoms with Gasteiger partial charge in [0.05, 0.1) is 12.1 Å². The van der Waals surface area contributed by atoms with Gasteiger partial charge < -0.3 is 4.74 Å². The molecule has 1 aromatic carbocycles. The van der Waals surface area contributed by atoms with E-state index in [0.29, 0.717) is 6.04 Å². The highest BCUT2D eigenvalue weighted by Crippen LogP contribution is 2.38. The Kier molecular flexibility index (Phi) is 2.90. The summed E-state index contributed by atoms with van der Waals surface area (Å²) in [4.78, 5) is 4.50. The first-order valence-corrected chi connectivity index (χ1v) is 6.45. The number of amidine groups is 1. The van der Waals surface area contributed by atoms with Gasteiger partial charge >= 0.3 is 0 Å². The van der Waals surface area contributed by atoms with Crippen molar-refractivity contribution in [3.63, 3.8) is 0 Å². The Morgan fingerprint density at radius 1 is 1.41 bits per heavy atom. The molecule has 1 saturated heterocycles. The second-order valence-corrected chi connectivity index (χ2v) is 5.04. The second-order valence-electron chi connectivity index (χ2n) is 4.29. The van der Waals surface area contributed by atoms with Crippen LogP contribution >= 0.6 is 15.9 Å². The number of nitrogens with one attached hydrogen (secondary N) is 1. The molecule has 0 spiro atoms. The largest absolute Gasteiger partial charge is 0.378 e. The number of fused-ring (bicyclic) bond motifs is 1. The molecule has 1 N–H and O–H groups in total. The zero-order valence-electron chi connectivity index (χ0n) is 9.51. The van der Waals surface area contributed by atoms with E-state index in [4.69, 9.17) is 4.74 Å². The van der Waals surface area contributed by atoms with Crippen LogP contribution in [0.15, 0.2) is 35.3 Å². The average molecular weight is 296 g/mol. The third-order valence-electron chi connectivity index (χ3n) is 3.36. The lowest BCUT2D eigenvalue weighted by Gasteiger charge is -2.23. The molecule has 2 aliphatic rings. The van der Waals surface area contributed by atoms with Gasteiger partial charge in [0.25, 0.3) is 0 Å². The lowest BCUT2D eigenvalue weighted by Crippen LogP contribution is -2.39. The molecule has 90 valence electrons. The SMILES string of the molecule is COC1CC(c2ccccc2)N2NC(Br)=NC12. The molecule has 0 radical (unpaired) electrons. The van der Waals surface area contributed by atoms with E-state index in [1.54, 1.807) is 7.11 Å². The van der Waals surface area contributed by atoms with E-state index in [1.807, 2.05) is 6.07 Å². The van der Waals surface area contributed by atoms with Crippen LogP contribution in [0.5, 0.6) is 0 Å². The van der Waals surface area contributed by atoms with Crippen LogP contribution in [-0.4, -0.2) is 29.1 Å². The number of hydrazine groups is 1. The number of hydrogen-bond donors (Lipinski definition) is 1. The van der Waals surface area contributed by atoms with Crippen molar-refractivity contribution in [1.29, 1.82) is 0 Å². The van der Waals surface area contributed by atoms with Crippen LogP contribution in [0.2, 0.25) is 0 Å². The van der Waals surface area contributed by atoms with Crippen LogP contribution in [0.25, 0.3) is 0 Å². The maximum absolute atomic E-state index is 5.52. The van der Waals surface area contributed by atoms with Gasteiger partial charge in [-0.15, -0.1) is 0 Å². The molecule has 0 saturated carbocycles. The molecule has 1 fully saturated rings. The summed E-state index contributed by atoms with van der Waals surface area (Å²) in [6.45, 7) is 0. The summed E-state index contributed by atoms with van der Waals surface area (Å²) < 4.78 is 6.30. The van der Waals surface area contributed by atoms with Crippen molar-refractivity contribution in [2.75, 3.05) is 7.11 Å². The van der Waals surface area contributed by atoms with Gasteiger partial charge in [-0.2, -0.15) is 5.01 Å². The first-order chi connectivity index (χ1) is 8.29. The number of rotatable bonds is 2. The smallest absolute Gasteiger partial charge is 0.182 e. The van der Waals surface area contributed by atoms with Gasteiger partial charge in [0, 0.05) is 7.11 Å². The zero-order chi connectivity index (χ0) is 11.8. The third-order valence-corrected chi connectivity index (χ3v) is 3.75. The lowest BCUT2D eigenvalue weighted by atomic mass is 10.0. The van der Waals surface area contributed by atoms with Gasteiger partial charge in [0.2, 0.25) is 0 Å². The number of hydrogen-bond acceptors (Lipinski definition) is 4. The van der Waals surface area contributed by atoms with E-state index in [1.165, 1.54) is 5.56 Å². The first kappa shape index (κ1) is 11.2. The Balaban J connectivity index is 1.89. The molecule has 1 aromatic rings. The van der Waals surface area contributed by atoms with E-state index in [2.05, 4.69) is 55.6 Å². The van der Waals surface area contributed by atoms with Crippen molar-refractivity contribution in [3.05, 3.63) is 35.9 Å². The van der Waals surface area contributed by atoms with Crippen LogP contribution in [0.1, 0.15) is 18.0 Å². The van der Waals surface area contributed by atoms with Crippen molar-refractivity contribution in [3.8, 4) is 0 Å². The number of ether oxygens (including phenoxy) is 1. The van der Waals surface area contributed by atoms with Gasteiger partial charge in [0.15, 0.2) is 4.74 Å². The van der Waals surface area contributed by atoms with Gasteiger partial charge in [0.1, 0.15) is 6.17 Å². The van der Waals surface area contributed by atoms with E-state index in [0.717, 1.165) is 11.2 Å². The Hall–Kier alpha value is -0.910. The Morgan fingerprint density at radius 2 is 2.18 bits per heavy atom. The van der Waals surface area contributed by atoms with Crippen LogP contribution in [0, 0.1) is 0 Å². The first-order valence-electron chi connectivity index (χ1n) is 5.65. The molecule has 0 bridgehead atoms. The van der Waals surface area contributed by atoms with E-state index in [9.17, 15) is 0 Å². The second kappa shape index (κ2) is 4.40.